The molecule has 0 aliphatic carbocycles. The molecule has 0 saturated carbocycles. The summed E-state index contributed by atoms with van der Waals surface area (Å²) in [5, 5.41) is 0. The zero-order valence-electron chi connectivity index (χ0n) is 13.3. The third kappa shape index (κ3) is 2.90. The summed E-state index contributed by atoms with van der Waals surface area (Å²) in [7, 11) is 0. The van der Waals surface area contributed by atoms with E-state index in [0.717, 1.165) is 30.2 Å². The molecular weight excluding hydrogens is 276 g/mol. The van der Waals surface area contributed by atoms with E-state index in [9.17, 15) is 0 Å². The van der Waals surface area contributed by atoms with Gasteiger partial charge in [0.05, 0.1) is 12.7 Å². The van der Waals surface area contributed by atoms with E-state index in [4.69, 9.17) is 10.5 Å². The number of hydrogen-bond donors (Lipinski definition) is 1. The fourth-order valence-corrected chi connectivity index (χ4v) is 2.64. The van der Waals surface area contributed by atoms with Crippen molar-refractivity contribution < 1.29 is 4.74 Å². The highest BCUT2D eigenvalue weighted by Crippen LogP contribution is 2.26. The van der Waals surface area contributed by atoms with Crippen molar-refractivity contribution in [3.63, 3.8) is 0 Å². The lowest BCUT2D eigenvalue weighted by Crippen LogP contribution is -2.53. The summed E-state index contributed by atoms with van der Waals surface area (Å²) in [5.74, 6) is 1.27. The SMILES string of the molecule is Cc1ccccc1COC1CN(c2nc(N)nc(C)c2C)C1. The quantitative estimate of drug-likeness (QED) is 0.939. The molecule has 2 N–H and O–H groups in total. The fourth-order valence-electron chi connectivity index (χ4n) is 2.64. The van der Waals surface area contributed by atoms with Crippen molar-refractivity contribution in [2.45, 2.75) is 33.5 Å². The highest BCUT2D eigenvalue weighted by Gasteiger charge is 2.30. The lowest BCUT2D eigenvalue weighted by Gasteiger charge is -2.40. The van der Waals surface area contributed by atoms with Gasteiger partial charge in [0.2, 0.25) is 5.95 Å². The zero-order valence-corrected chi connectivity index (χ0v) is 13.3. The van der Waals surface area contributed by atoms with Crippen LogP contribution in [0.5, 0.6) is 0 Å². The molecule has 1 aliphatic heterocycles. The van der Waals surface area contributed by atoms with Gasteiger partial charge in [-0.1, -0.05) is 24.3 Å². The first kappa shape index (κ1) is 14.8. The number of nitrogens with two attached hydrogens (primary N) is 1. The maximum absolute atomic E-state index is 5.98. The second-order valence-corrected chi connectivity index (χ2v) is 5.88. The lowest BCUT2D eigenvalue weighted by molar-refractivity contribution is 0.0218. The standard InChI is InChI=1S/C17H22N4O/c1-11-6-4-5-7-14(11)10-22-15-8-21(9-15)16-12(2)13(3)19-17(18)20-16/h4-7,15H,8-10H2,1-3H3,(H2,18,19,20). The average molecular weight is 298 g/mol. The van der Waals surface area contributed by atoms with Crippen LogP contribution in [0.2, 0.25) is 0 Å². The van der Waals surface area contributed by atoms with E-state index in [1.165, 1.54) is 11.1 Å². The number of nitrogen functional groups attached to an aromatic ring is 1. The lowest BCUT2D eigenvalue weighted by atomic mass is 10.1. The number of aryl methyl sites for hydroxylation is 2. The molecule has 0 spiro atoms. The van der Waals surface area contributed by atoms with Gasteiger partial charge in [-0.25, -0.2) is 4.98 Å². The van der Waals surface area contributed by atoms with Gasteiger partial charge in [0, 0.05) is 24.3 Å². The number of anilines is 2. The summed E-state index contributed by atoms with van der Waals surface area (Å²) in [5.41, 5.74) is 10.3. The first-order chi connectivity index (χ1) is 10.5. The second kappa shape index (κ2) is 5.93. The predicted molar refractivity (Wildman–Crippen MR) is 87.9 cm³/mol. The Bertz CT molecular complexity index is 680. The van der Waals surface area contributed by atoms with Crippen molar-refractivity contribution in [3.8, 4) is 0 Å². The van der Waals surface area contributed by atoms with E-state index in [-0.39, 0.29) is 6.10 Å². The Kier molecular flexibility index (Phi) is 3.98. The van der Waals surface area contributed by atoms with Crippen molar-refractivity contribution in [3.05, 3.63) is 46.6 Å². The van der Waals surface area contributed by atoms with Crippen LogP contribution in [0, 0.1) is 20.8 Å². The van der Waals surface area contributed by atoms with Gasteiger partial charge < -0.3 is 15.4 Å². The van der Waals surface area contributed by atoms with Gasteiger partial charge in [-0.15, -0.1) is 0 Å². The molecule has 1 aliphatic rings. The van der Waals surface area contributed by atoms with E-state index in [2.05, 4.69) is 46.1 Å². The van der Waals surface area contributed by atoms with Crippen molar-refractivity contribution in [1.29, 1.82) is 0 Å². The summed E-state index contributed by atoms with van der Waals surface area (Å²) < 4.78 is 5.98. The smallest absolute Gasteiger partial charge is 0.222 e. The van der Waals surface area contributed by atoms with Gasteiger partial charge in [-0.05, 0) is 31.9 Å². The molecule has 2 aromatic rings. The van der Waals surface area contributed by atoms with Crippen LogP contribution in [0.3, 0.4) is 0 Å². The number of benzene rings is 1. The molecule has 1 saturated heterocycles. The van der Waals surface area contributed by atoms with Crippen LogP contribution < -0.4 is 10.6 Å². The molecule has 5 nitrogen and oxygen atoms in total. The minimum atomic E-state index is 0.246. The molecule has 0 atom stereocenters. The summed E-state index contributed by atoms with van der Waals surface area (Å²) in [6, 6.07) is 8.33. The molecule has 2 heterocycles. The third-order valence-electron chi connectivity index (χ3n) is 4.26. The molecule has 3 rings (SSSR count). The Morgan fingerprint density at radius 3 is 2.64 bits per heavy atom. The third-order valence-corrected chi connectivity index (χ3v) is 4.26. The highest BCUT2D eigenvalue weighted by molar-refractivity contribution is 5.53. The Labute approximate surface area is 131 Å². The van der Waals surface area contributed by atoms with Gasteiger partial charge >= 0.3 is 0 Å². The monoisotopic (exact) mass is 298 g/mol. The van der Waals surface area contributed by atoms with Crippen LogP contribution in [-0.4, -0.2) is 29.2 Å². The highest BCUT2D eigenvalue weighted by atomic mass is 16.5. The Morgan fingerprint density at radius 1 is 1.18 bits per heavy atom. The van der Waals surface area contributed by atoms with Gasteiger partial charge in [0.25, 0.3) is 0 Å². The zero-order chi connectivity index (χ0) is 15.7. The normalized spacial score (nSPS) is 15.0. The van der Waals surface area contributed by atoms with Crippen molar-refractivity contribution >= 4 is 11.8 Å². The number of ether oxygens (including phenoxy) is 1. The Hall–Kier alpha value is -2.14. The van der Waals surface area contributed by atoms with Crippen molar-refractivity contribution in [2.75, 3.05) is 23.7 Å². The van der Waals surface area contributed by atoms with Crippen LogP contribution >= 0.6 is 0 Å². The molecule has 1 fully saturated rings. The molecule has 0 radical (unpaired) electrons. The first-order valence-corrected chi connectivity index (χ1v) is 7.56. The van der Waals surface area contributed by atoms with E-state index in [1.54, 1.807) is 0 Å². The number of hydrogen-bond acceptors (Lipinski definition) is 5. The Balaban J connectivity index is 1.58. The summed E-state index contributed by atoms with van der Waals surface area (Å²) in [4.78, 5) is 10.7. The van der Waals surface area contributed by atoms with Gasteiger partial charge in [0.15, 0.2) is 0 Å². The van der Waals surface area contributed by atoms with Gasteiger partial charge in [-0.2, -0.15) is 4.98 Å². The minimum Gasteiger partial charge on any atom is -0.370 e. The number of nitrogens with zero attached hydrogens (tertiary/aromatic N) is 3. The molecule has 0 amide bonds. The van der Waals surface area contributed by atoms with E-state index in [0.29, 0.717) is 12.6 Å². The first-order valence-electron chi connectivity index (χ1n) is 7.56. The Morgan fingerprint density at radius 2 is 1.91 bits per heavy atom. The number of rotatable bonds is 4. The second-order valence-electron chi connectivity index (χ2n) is 5.88. The molecular formula is C17H22N4O. The maximum atomic E-state index is 5.98. The topological polar surface area (TPSA) is 64.3 Å². The minimum absolute atomic E-state index is 0.246. The summed E-state index contributed by atoms with van der Waals surface area (Å²) in [6.45, 7) is 8.47. The van der Waals surface area contributed by atoms with Crippen LogP contribution in [0.25, 0.3) is 0 Å². The molecule has 116 valence electrons. The molecule has 1 aromatic heterocycles. The van der Waals surface area contributed by atoms with E-state index < -0.39 is 0 Å². The van der Waals surface area contributed by atoms with Gasteiger partial charge in [0.1, 0.15) is 5.82 Å². The predicted octanol–water partition coefficient (Wildman–Crippen LogP) is 2.39. The molecule has 22 heavy (non-hydrogen) atoms. The van der Waals surface area contributed by atoms with E-state index in [1.807, 2.05) is 13.8 Å². The van der Waals surface area contributed by atoms with Crippen LogP contribution in [-0.2, 0) is 11.3 Å². The molecule has 0 bridgehead atoms. The van der Waals surface area contributed by atoms with E-state index >= 15 is 0 Å². The summed E-state index contributed by atoms with van der Waals surface area (Å²) in [6.07, 6.45) is 0.246. The van der Waals surface area contributed by atoms with Crippen molar-refractivity contribution in [2.24, 2.45) is 0 Å². The molecule has 0 unspecified atom stereocenters. The van der Waals surface area contributed by atoms with Crippen LogP contribution in [0.1, 0.15) is 22.4 Å². The maximum Gasteiger partial charge on any atom is 0.222 e. The van der Waals surface area contributed by atoms with Crippen LogP contribution in [0.15, 0.2) is 24.3 Å². The largest absolute Gasteiger partial charge is 0.370 e. The number of aromatic nitrogens is 2. The van der Waals surface area contributed by atoms with Crippen LogP contribution in [0.4, 0.5) is 11.8 Å². The molecule has 5 heteroatoms. The average Bonchev–Trinajstić information content (AvgIpc) is 2.44. The summed E-state index contributed by atoms with van der Waals surface area (Å²) >= 11 is 0. The molecule has 1 aromatic carbocycles. The van der Waals surface area contributed by atoms with Crippen molar-refractivity contribution in [1.82, 2.24) is 9.97 Å². The fraction of sp³-hybridized carbons (Fsp3) is 0.412. The van der Waals surface area contributed by atoms with Gasteiger partial charge in [-0.3, -0.25) is 0 Å².